The molecule has 0 fully saturated rings. The second kappa shape index (κ2) is 12.0. The summed E-state index contributed by atoms with van der Waals surface area (Å²) in [7, 11) is 8.95. The number of phenols is 1. The van der Waals surface area contributed by atoms with Gasteiger partial charge in [-0.1, -0.05) is 30.3 Å². The number of aromatic hydroxyl groups is 1. The lowest BCUT2D eigenvalue weighted by molar-refractivity contribution is -0.148. The number of anilines is 1. The van der Waals surface area contributed by atoms with Crippen LogP contribution in [0.2, 0.25) is 0 Å². The van der Waals surface area contributed by atoms with E-state index in [4.69, 9.17) is 5.73 Å². The van der Waals surface area contributed by atoms with Crippen LogP contribution in [0, 0.1) is 11.8 Å². The number of primary amides is 1. The Hall–Kier alpha value is -4.19. The van der Waals surface area contributed by atoms with Gasteiger partial charge in [0.25, 0.3) is 5.91 Å². The summed E-state index contributed by atoms with van der Waals surface area (Å²) >= 11 is 0. The fraction of sp³-hybridized carbons (Fsp3) is 0.441. The van der Waals surface area contributed by atoms with E-state index in [0.717, 1.165) is 18.8 Å². The molecule has 11 heteroatoms. The predicted molar refractivity (Wildman–Crippen MR) is 169 cm³/mol. The van der Waals surface area contributed by atoms with E-state index in [-0.39, 0.29) is 29.7 Å². The predicted octanol–water partition coefficient (Wildman–Crippen LogP) is 2.25. The molecule has 5 rings (SSSR count). The molecule has 6 N–H and O–H groups in total. The van der Waals surface area contributed by atoms with Crippen LogP contribution >= 0.6 is 0 Å². The lowest BCUT2D eigenvalue weighted by Gasteiger charge is -2.50. The van der Waals surface area contributed by atoms with Crippen molar-refractivity contribution in [2.24, 2.45) is 17.6 Å². The molecule has 1 amide bonds. The minimum atomic E-state index is -2.66. The van der Waals surface area contributed by atoms with E-state index in [1.807, 2.05) is 50.3 Å². The zero-order chi connectivity index (χ0) is 33.0. The number of aliphatic hydroxyl groups excluding tert-OH is 2. The van der Waals surface area contributed by atoms with Gasteiger partial charge >= 0.3 is 0 Å². The number of nitrogens with two attached hydrogens (primary N) is 1. The molecule has 0 aromatic heterocycles. The Kier molecular flexibility index (Phi) is 8.56. The van der Waals surface area contributed by atoms with Gasteiger partial charge < -0.3 is 36.0 Å². The van der Waals surface area contributed by atoms with E-state index < -0.39 is 58.0 Å². The van der Waals surface area contributed by atoms with Gasteiger partial charge in [-0.15, -0.1) is 0 Å². The van der Waals surface area contributed by atoms with Crippen LogP contribution in [0.3, 0.4) is 0 Å². The second-order valence-corrected chi connectivity index (χ2v) is 12.9. The fourth-order valence-corrected chi connectivity index (χ4v) is 7.46. The number of aliphatic hydroxyl groups is 3. The fourth-order valence-electron chi connectivity index (χ4n) is 7.46. The standard InChI is InChI=1S/C34H42N4O7/c1-36(2)23-16-19(12-9-13-38(5)17-18-10-7-6-8-11-18)28(39)25-21(23)14-20-15-22-27(37(3)4)30(41)26(33(35)44)32(43)34(22,45)31(42)24(20)29(25)40/h6-8,10-11,16,20,22,27,39,41-42,45H,9,12-15,17H2,1-5H3,(H2,35,44)/t20-,22-,27-,34-/m0/s1. The average Bonchev–Trinajstić information content (AvgIpc) is 2.96. The molecule has 0 bridgehead atoms. The number of benzene rings is 2. The van der Waals surface area contributed by atoms with Crippen molar-refractivity contribution >= 4 is 23.2 Å². The number of ketones is 2. The SMILES string of the molecule is CN(CCCc1cc(N(C)C)c2c(c1O)C(=O)C1=C(O)[C@]3(O)C(=O)C(C(N)=O)=C(O)[C@@H](N(C)C)[C@@H]3C[C@@H]1C2)Cc1ccccc1. The molecule has 2 aromatic rings. The Morgan fingerprint density at radius 3 is 2.31 bits per heavy atom. The first kappa shape index (κ1) is 32.2. The summed E-state index contributed by atoms with van der Waals surface area (Å²) in [6.07, 6.45) is 1.49. The van der Waals surface area contributed by atoms with Crippen LogP contribution in [0.5, 0.6) is 5.75 Å². The third kappa shape index (κ3) is 5.28. The van der Waals surface area contributed by atoms with Crippen molar-refractivity contribution in [2.75, 3.05) is 46.7 Å². The van der Waals surface area contributed by atoms with Crippen LogP contribution in [0.15, 0.2) is 59.1 Å². The van der Waals surface area contributed by atoms with Gasteiger partial charge in [0.2, 0.25) is 5.78 Å². The number of allylic oxidation sites excluding steroid dienone is 1. The largest absolute Gasteiger partial charge is 0.510 e. The molecule has 0 radical (unpaired) electrons. The number of likely N-dealkylation sites (N-methyl/N-ethyl adjacent to an activating group) is 1. The van der Waals surface area contributed by atoms with Gasteiger partial charge in [-0.25, -0.2) is 0 Å². The summed E-state index contributed by atoms with van der Waals surface area (Å²) in [6.45, 7) is 1.52. The summed E-state index contributed by atoms with van der Waals surface area (Å²) < 4.78 is 0. The molecule has 0 saturated carbocycles. The van der Waals surface area contributed by atoms with Crippen LogP contribution in [-0.4, -0.2) is 101 Å². The third-order valence-corrected chi connectivity index (χ3v) is 9.54. The number of hydrogen-bond acceptors (Lipinski definition) is 10. The Labute approximate surface area is 262 Å². The third-order valence-electron chi connectivity index (χ3n) is 9.54. The van der Waals surface area contributed by atoms with Crippen molar-refractivity contribution in [3.05, 3.63) is 81.3 Å². The zero-order valence-corrected chi connectivity index (χ0v) is 26.4. The van der Waals surface area contributed by atoms with Crippen molar-refractivity contribution in [1.29, 1.82) is 0 Å². The van der Waals surface area contributed by atoms with Gasteiger partial charge in [-0.2, -0.15) is 0 Å². The maximum Gasteiger partial charge on any atom is 0.255 e. The highest BCUT2D eigenvalue weighted by Crippen LogP contribution is 2.53. The summed E-state index contributed by atoms with van der Waals surface area (Å²) in [6, 6.07) is 11.0. The molecule has 0 saturated heterocycles. The molecule has 4 atom stereocenters. The van der Waals surface area contributed by atoms with Gasteiger partial charge in [0.15, 0.2) is 11.4 Å². The highest BCUT2D eigenvalue weighted by atomic mass is 16.3. The number of amides is 1. The highest BCUT2D eigenvalue weighted by Gasteiger charge is 2.63. The molecular weight excluding hydrogens is 576 g/mol. The lowest BCUT2D eigenvalue weighted by atomic mass is 9.58. The minimum absolute atomic E-state index is 0.0367. The van der Waals surface area contributed by atoms with Crippen LogP contribution < -0.4 is 10.6 Å². The highest BCUT2D eigenvalue weighted by molar-refractivity contribution is 6.25. The van der Waals surface area contributed by atoms with Crippen molar-refractivity contribution in [2.45, 2.75) is 43.9 Å². The van der Waals surface area contributed by atoms with E-state index in [2.05, 4.69) is 17.0 Å². The van der Waals surface area contributed by atoms with Crippen molar-refractivity contribution in [3.8, 4) is 5.75 Å². The van der Waals surface area contributed by atoms with Crippen molar-refractivity contribution in [1.82, 2.24) is 9.80 Å². The molecule has 3 aliphatic rings. The van der Waals surface area contributed by atoms with Crippen LogP contribution in [0.4, 0.5) is 5.69 Å². The van der Waals surface area contributed by atoms with E-state index >= 15 is 0 Å². The summed E-state index contributed by atoms with van der Waals surface area (Å²) in [5.41, 5.74) is 4.96. The summed E-state index contributed by atoms with van der Waals surface area (Å²) in [5, 5.41) is 45.9. The van der Waals surface area contributed by atoms with E-state index in [1.54, 1.807) is 14.1 Å². The van der Waals surface area contributed by atoms with Crippen molar-refractivity contribution in [3.63, 3.8) is 0 Å². The Morgan fingerprint density at radius 2 is 1.71 bits per heavy atom. The number of hydrogen-bond donors (Lipinski definition) is 5. The maximum absolute atomic E-state index is 14.2. The molecule has 0 heterocycles. The summed E-state index contributed by atoms with van der Waals surface area (Å²) in [5.74, 6) is -6.48. The topological polar surface area (TPSA) is 168 Å². The summed E-state index contributed by atoms with van der Waals surface area (Å²) in [4.78, 5) is 45.6. The number of fused-ring (bicyclic) bond motifs is 3. The number of phenolic OH excluding ortho intramolecular Hbond substituents is 1. The molecule has 0 spiro atoms. The number of carbonyl (C=O) groups excluding carboxylic acids is 3. The lowest BCUT2D eigenvalue weighted by Crippen LogP contribution is -2.63. The molecule has 0 aliphatic heterocycles. The first-order valence-electron chi connectivity index (χ1n) is 15.1. The normalized spacial score (nSPS) is 24.6. The van der Waals surface area contributed by atoms with Crippen molar-refractivity contribution < 1.29 is 34.8 Å². The Balaban J connectivity index is 1.52. The van der Waals surface area contributed by atoms with E-state index in [0.29, 0.717) is 24.0 Å². The number of Topliss-reactive ketones (excluding diaryl/α,β-unsaturated/α-hetero) is 2. The molecule has 45 heavy (non-hydrogen) atoms. The van der Waals surface area contributed by atoms with Gasteiger partial charge in [-0.3, -0.25) is 19.3 Å². The monoisotopic (exact) mass is 618 g/mol. The second-order valence-electron chi connectivity index (χ2n) is 12.9. The minimum Gasteiger partial charge on any atom is -0.510 e. The quantitative estimate of drug-likeness (QED) is 0.263. The van der Waals surface area contributed by atoms with Gasteiger partial charge in [-0.05, 0) is 82.0 Å². The number of carbonyl (C=O) groups is 3. The van der Waals surface area contributed by atoms with Gasteiger partial charge in [0.1, 0.15) is 22.8 Å². The van der Waals surface area contributed by atoms with Crippen LogP contribution in [0.1, 0.15) is 39.9 Å². The van der Waals surface area contributed by atoms with Gasteiger partial charge in [0.05, 0.1) is 11.6 Å². The first-order chi connectivity index (χ1) is 21.2. The zero-order valence-electron chi connectivity index (χ0n) is 26.4. The first-order valence-corrected chi connectivity index (χ1v) is 15.1. The molecular formula is C34H42N4O7. The molecule has 0 unspecified atom stereocenters. The molecule has 11 nitrogen and oxygen atoms in total. The molecule has 240 valence electrons. The maximum atomic E-state index is 14.2. The van der Waals surface area contributed by atoms with Crippen LogP contribution in [-0.2, 0) is 29.0 Å². The van der Waals surface area contributed by atoms with E-state index in [9.17, 15) is 34.8 Å². The number of aryl methyl sites for hydroxylation is 1. The molecule has 2 aromatic carbocycles. The molecule has 3 aliphatic carbocycles. The smallest absolute Gasteiger partial charge is 0.255 e. The van der Waals surface area contributed by atoms with E-state index in [1.165, 1.54) is 10.5 Å². The van der Waals surface area contributed by atoms with Crippen LogP contribution in [0.25, 0.3) is 0 Å². The average molecular weight is 619 g/mol. The number of nitrogens with zero attached hydrogens (tertiary/aromatic N) is 3. The van der Waals surface area contributed by atoms with Gasteiger partial charge in [0, 0.05) is 37.8 Å². The number of rotatable bonds is 9. The Morgan fingerprint density at radius 1 is 1.04 bits per heavy atom. The Bertz CT molecular complexity index is 1610.